The Balaban J connectivity index is 2.59. The first-order chi connectivity index (χ1) is 7.20. The molecule has 2 aromatic carbocycles. The number of carbonyl (C=O) groups excluding carboxylic acids is 1. The van der Waals surface area contributed by atoms with Crippen molar-refractivity contribution < 1.29 is 4.79 Å². The predicted octanol–water partition coefficient (Wildman–Crippen LogP) is 2.67. The molecule has 0 saturated carbocycles. The Morgan fingerprint density at radius 1 is 1.13 bits per heavy atom. The maximum atomic E-state index is 10.6. The van der Waals surface area contributed by atoms with Crippen LogP contribution in [-0.2, 0) is 0 Å². The van der Waals surface area contributed by atoms with Gasteiger partial charge in [-0.2, -0.15) is 0 Å². The molecule has 0 aliphatic rings. The molecule has 0 saturated heterocycles. The van der Waals surface area contributed by atoms with Crippen LogP contribution in [0.4, 0.5) is 0 Å². The van der Waals surface area contributed by atoms with E-state index in [2.05, 4.69) is 6.07 Å². The van der Waals surface area contributed by atoms with E-state index in [1.165, 1.54) is 0 Å². The average molecular weight is 199 g/mol. The minimum absolute atomic E-state index is 0.0418. The van der Waals surface area contributed by atoms with Crippen molar-refractivity contribution in [2.75, 3.05) is 0 Å². The molecular weight excluding hydrogens is 186 g/mol. The van der Waals surface area contributed by atoms with E-state index in [-0.39, 0.29) is 6.04 Å². The molecule has 0 bridgehead atoms. The van der Waals surface area contributed by atoms with Crippen LogP contribution in [0, 0.1) is 0 Å². The molecular formula is C13H13NO. The largest absolute Gasteiger partial charge is 0.324 e. The summed E-state index contributed by atoms with van der Waals surface area (Å²) in [6, 6.07) is 11.8. The molecule has 0 aromatic heterocycles. The molecule has 2 N–H and O–H groups in total. The first-order valence-corrected chi connectivity index (χ1v) is 4.95. The van der Waals surface area contributed by atoms with Gasteiger partial charge in [0.25, 0.3) is 0 Å². The van der Waals surface area contributed by atoms with Crippen molar-refractivity contribution in [1.82, 2.24) is 0 Å². The Morgan fingerprint density at radius 3 is 2.47 bits per heavy atom. The molecule has 2 heteroatoms. The molecule has 0 aliphatic heterocycles. The smallest absolute Gasteiger partial charge is 0.150 e. The third kappa shape index (κ3) is 1.90. The van der Waals surface area contributed by atoms with Crippen LogP contribution in [0.25, 0.3) is 10.8 Å². The van der Waals surface area contributed by atoms with Gasteiger partial charge >= 0.3 is 0 Å². The van der Waals surface area contributed by atoms with Crippen molar-refractivity contribution in [3.8, 4) is 0 Å². The highest BCUT2D eigenvalue weighted by molar-refractivity contribution is 5.89. The van der Waals surface area contributed by atoms with Crippen LogP contribution in [0.1, 0.15) is 28.9 Å². The van der Waals surface area contributed by atoms with Crippen molar-refractivity contribution in [1.29, 1.82) is 0 Å². The zero-order valence-corrected chi connectivity index (χ0v) is 8.60. The number of nitrogens with two attached hydrogens (primary N) is 1. The molecule has 76 valence electrons. The lowest BCUT2D eigenvalue weighted by Gasteiger charge is -2.07. The summed E-state index contributed by atoms with van der Waals surface area (Å²) in [5.74, 6) is 0. The van der Waals surface area contributed by atoms with Crippen LogP contribution < -0.4 is 5.73 Å². The normalized spacial score (nSPS) is 12.7. The van der Waals surface area contributed by atoms with Gasteiger partial charge in [0.15, 0.2) is 0 Å². The summed E-state index contributed by atoms with van der Waals surface area (Å²) < 4.78 is 0. The summed E-state index contributed by atoms with van der Waals surface area (Å²) in [6.07, 6.45) is 0.860. The molecule has 2 nitrogen and oxygen atoms in total. The Morgan fingerprint density at radius 2 is 1.80 bits per heavy atom. The first-order valence-electron chi connectivity index (χ1n) is 4.95. The fourth-order valence-corrected chi connectivity index (χ4v) is 1.64. The van der Waals surface area contributed by atoms with Crippen molar-refractivity contribution >= 4 is 17.1 Å². The van der Waals surface area contributed by atoms with Crippen LogP contribution in [0.5, 0.6) is 0 Å². The van der Waals surface area contributed by atoms with Crippen LogP contribution >= 0.6 is 0 Å². The lowest BCUT2D eigenvalue weighted by Crippen LogP contribution is -2.04. The average Bonchev–Trinajstić information content (AvgIpc) is 2.27. The van der Waals surface area contributed by atoms with Crippen LogP contribution in [0.3, 0.4) is 0 Å². The van der Waals surface area contributed by atoms with E-state index in [0.717, 1.165) is 22.6 Å². The van der Waals surface area contributed by atoms with Gasteiger partial charge in [-0.3, -0.25) is 4.79 Å². The molecule has 0 fully saturated rings. The third-order valence-electron chi connectivity index (χ3n) is 2.55. The molecule has 0 heterocycles. The number of aldehydes is 1. The molecule has 1 atom stereocenters. The Labute approximate surface area is 88.7 Å². The first kappa shape index (κ1) is 9.87. The lowest BCUT2D eigenvalue weighted by molar-refractivity contribution is 0.112. The van der Waals surface area contributed by atoms with Gasteiger partial charge in [-0.1, -0.05) is 24.3 Å². The van der Waals surface area contributed by atoms with Crippen molar-refractivity contribution in [3.05, 3.63) is 47.5 Å². The van der Waals surface area contributed by atoms with E-state index in [1.54, 1.807) is 0 Å². The Hall–Kier alpha value is -1.67. The van der Waals surface area contributed by atoms with E-state index in [9.17, 15) is 4.79 Å². The molecule has 0 aliphatic carbocycles. The molecule has 2 rings (SSSR count). The fourth-order valence-electron chi connectivity index (χ4n) is 1.64. The highest BCUT2D eigenvalue weighted by Crippen LogP contribution is 2.20. The van der Waals surface area contributed by atoms with Gasteiger partial charge in [0.2, 0.25) is 0 Å². The molecule has 2 aromatic rings. The number of hydrogen-bond donors (Lipinski definition) is 1. The summed E-state index contributed by atoms with van der Waals surface area (Å²) in [4.78, 5) is 10.6. The van der Waals surface area contributed by atoms with E-state index in [0.29, 0.717) is 5.56 Å². The van der Waals surface area contributed by atoms with E-state index in [4.69, 9.17) is 5.73 Å². The lowest BCUT2D eigenvalue weighted by atomic mass is 10.0. The predicted molar refractivity (Wildman–Crippen MR) is 61.9 cm³/mol. The minimum atomic E-state index is 0.0418. The summed E-state index contributed by atoms with van der Waals surface area (Å²) in [7, 11) is 0. The van der Waals surface area contributed by atoms with Gasteiger partial charge in [0.1, 0.15) is 6.29 Å². The molecule has 1 unspecified atom stereocenters. The van der Waals surface area contributed by atoms with Gasteiger partial charge in [-0.05, 0) is 35.4 Å². The van der Waals surface area contributed by atoms with Crippen LogP contribution in [-0.4, -0.2) is 6.29 Å². The van der Waals surface area contributed by atoms with E-state index in [1.807, 2.05) is 37.3 Å². The maximum Gasteiger partial charge on any atom is 0.150 e. The zero-order valence-electron chi connectivity index (χ0n) is 8.60. The van der Waals surface area contributed by atoms with Crippen molar-refractivity contribution in [2.24, 2.45) is 5.73 Å². The Bertz CT molecular complexity index is 503. The second kappa shape index (κ2) is 3.83. The number of carbonyl (C=O) groups is 1. The molecule has 0 amide bonds. The van der Waals surface area contributed by atoms with Gasteiger partial charge in [0.05, 0.1) is 0 Å². The van der Waals surface area contributed by atoms with Gasteiger partial charge < -0.3 is 5.73 Å². The summed E-state index contributed by atoms with van der Waals surface area (Å²) in [6.45, 7) is 1.96. The monoisotopic (exact) mass is 199 g/mol. The molecule has 0 radical (unpaired) electrons. The van der Waals surface area contributed by atoms with Crippen LogP contribution in [0.2, 0.25) is 0 Å². The third-order valence-corrected chi connectivity index (χ3v) is 2.55. The van der Waals surface area contributed by atoms with Crippen molar-refractivity contribution in [2.45, 2.75) is 13.0 Å². The molecule has 15 heavy (non-hydrogen) atoms. The second-order valence-electron chi connectivity index (χ2n) is 3.77. The summed E-state index contributed by atoms with van der Waals surface area (Å²) >= 11 is 0. The number of hydrogen-bond acceptors (Lipinski definition) is 2. The summed E-state index contributed by atoms with van der Waals surface area (Å²) in [5.41, 5.74) is 7.62. The maximum absolute atomic E-state index is 10.6. The Kier molecular flexibility index (Phi) is 2.52. The minimum Gasteiger partial charge on any atom is -0.324 e. The number of rotatable bonds is 2. The standard InChI is InChI=1S/C13H13NO/c1-9(14)11-4-5-12-6-10(8-15)2-3-13(12)7-11/h2-9H,14H2,1H3. The highest BCUT2D eigenvalue weighted by atomic mass is 16.1. The SMILES string of the molecule is CC(N)c1ccc2cc(C=O)ccc2c1. The number of fused-ring (bicyclic) bond motifs is 1. The van der Waals surface area contributed by atoms with Crippen molar-refractivity contribution in [3.63, 3.8) is 0 Å². The zero-order chi connectivity index (χ0) is 10.8. The molecule has 0 spiro atoms. The van der Waals surface area contributed by atoms with Gasteiger partial charge in [-0.25, -0.2) is 0 Å². The van der Waals surface area contributed by atoms with E-state index >= 15 is 0 Å². The van der Waals surface area contributed by atoms with E-state index < -0.39 is 0 Å². The highest BCUT2D eigenvalue weighted by Gasteiger charge is 2.01. The number of benzene rings is 2. The summed E-state index contributed by atoms with van der Waals surface area (Å²) in [5, 5.41) is 2.19. The van der Waals surface area contributed by atoms with Gasteiger partial charge in [0, 0.05) is 11.6 Å². The fraction of sp³-hybridized carbons (Fsp3) is 0.154. The topological polar surface area (TPSA) is 43.1 Å². The quantitative estimate of drug-likeness (QED) is 0.755. The van der Waals surface area contributed by atoms with Crippen LogP contribution in [0.15, 0.2) is 36.4 Å². The van der Waals surface area contributed by atoms with Gasteiger partial charge in [-0.15, -0.1) is 0 Å². The second-order valence-corrected chi connectivity index (χ2v) is 3.77.